The van der Waals surface area contributed by atoms with E-state index >= 15 is 0 Å². The van der Waals surface area contributed by atoms with E-state index in [0.717, 1.165) is 16.9 Å². The van der Waals surface area contributed by atoms with Crippen molar-refractivity contribution in [1.29, 1.82) is 0 Å². The third kappa shape index (κ3) is 5.59. The van der Waals surface area contributed by atoms with Crippen molar-refractivity contribution in [2.75, 3.05) is 0 Å². The Bertz CT molecular complexity index is 772. The molecule has 2 atom stereocenters. The molecule has 0 aliphatic rings. The molecule has 0 bridgehead atoms. The highest BCUT2D eigenvalue weighted by Crippen LogP contribution is 2.24. The number of rotatable bonds is 6. The van der Waals surface area contributed by atoms with E-state index in [0.29, 0.717) is 6.42 Å². The van der Waals surface area contributed by atoms with Crippen LogP contribution in [0, 0.1) is 13.8 Å². The van der Waals surface area contributed by atoms with Crippen molar-refractivity contribution >= 4 is 5.91 Å². The van der Waals surface area contributed by atoms with Crippen molar-refractivity contribution < 1.29 is 9.53 Å². The second-order valence-corrected chi connectivity index (χ2v) is 8.39. The number of benzene rings is 2. The van der Waals surface area contributed by atoms with Crippen LogP contribution in [0.25, 0.3) is 0 Å². The number of hydrogen-bond acceptors (Lipinski definition) is 2. The summed E-state index contributed by atoms with van der Waals surface area (Å²) in [6, 6.07) is 14.4. The molecule has 0 saturated carbocycles. The van der Waals surface area contributed by atoms with E-state index in [2.05, 4.69) is 56.4 Å². The monoisotopic (exact) mass is 367 g/mol. The van der Waals surface area contributed by atoms with Crippen LogP contribution in [0.2, 0.25) is 0 Å². The largest absolute Gasteiger partial charge is 0.480 e. The van der Waals surface area contributed by atoms with E-state index < -0.39 is 6.10 Å². The molecule has 0 unspecified atom stereocenters. The molecule has 0 aliphatic heterocycles. The molecule has 2 rings (SSSR count). The Morgan fingerprint density at radius 2 is 1.70 bits per heavy atom. The molecule has 0 heterocycles. The predicted molar refractivity (Wildman–Crippen MR) is 112 cm³/mol. The molecule has 3 heteroatoms. The highest BCUT2D eigenvalue weighted by atomic mass is 16.5. The Morgan fingerprint density at radius 3 is 2.22 bits per heavy atom. The van der Waals surface area contributed by atoms with Crippen molar-refractivity contribution in [2.45, 2.75) is 72.4 Å². The number of ether oxygens (including phenoxy) is 1. The quantitative estimate of drug-likeness (QED) is 0.718. The Morgan fingerprint density at radius 1 is 1.07 bits per heavy atom. The van der Waals surface area contributed by atoms with Gasteiger partial charge in [-0.3, -0.25) is 4.79 Å². The van der Waals surface area contributed by atoms with Crippen molar-refractivity contribution in [3.05, 3.63) is 64.7 Å². The van der Waals surface area contributed by atoms with Crippen LogP contribution in [0.4, 0.5) is 0 Å². The Labute approximate surface area is 164 Å². The lowest BCUT2D eigenvalue weighted by molar-refractivity contribution is -0.128. The zero-order valence-electron chi connectivity index (χ0n) is 17.7. The lowest BCUT2D eigenvalue weighted by atomic mass is 9.86. The van der Waals surface area contributed by atoms with E-state index in [9.17, 15) is 4.79 Å². The van der Waals surface area contributed by atoms with Gasteiger partial charge < -0.3 is 10.1 Å². The van der Waals surface area contributed by atoms with Gasteiger partial charge in [0.25, 0.3) is 5.91 Å². The normalized spacial score (nSPS) is 13.7. The Balaban J connectivity index is 2.05. The lowest BCUT2D eigenvalue weighted by Crippen LogP contribution is -2.39. The Kier molecular flexibility index (Phi) is 6.69. The van der Waals surface area contributed by atoms with E-state index in [1.807, 2.05) is 39.8 Å². The Hall–Kier alpha value is -2.29. The molecule has 1 amide bonds. The molecule has 0 radical (unpaired) electrons. The van der Waals surface area contributed by atoms with Gasteiger partial charge in [-0.05, 0) is 55.4 Å². The van der Waals surface area contributed by atoms with Crippen LogP contribution >= 0.6 is 0 Å². The molecule has 0 fully saturated rings. The zero-order chi connectivity index (χ0) is 20.2. The minimum absolute atomic E-state index is 0.0664. The van der Waals surface area contributed by atoms with E-state index in [-0.39, 0.29) is 17.4 Å². The van der Waals surface area contributed by atoms with Crippen LogP contribution in [0.3, 0.4) is 0 Å². The standard InChI is InChI=1S/C24H33NO2/c1-8-21(27-22-14-9-16(2)15-17(22)3)23(26)25-18(4)19-10-12-20(13-11-19)24(5,6)7/h9-15,18,21H,8H2,1-7H3,(H,25,26)/t18-,21+/m0/s1. The molecule has 2 aromatic carbocycles. The van der Waals surface area contributed by atoms with Gasteiger partial charge in [-0.15, -0.1) is 0 Å². The van der Waals surface area contributed by atoms with Crippen molar-refractivity contribution in [2.24, 2.45) is 0 Å². The summed E-state index contributed by atoms with van der Waals surface area (Å²) in [6.45, 7) is 14.6. The van der Waals surface area contributed by atoms with Crippen LogP contribution in [0.5, 0.6) is 5.75 Å². The highest BCUT2D eigenvalue weighted by Gasteiger charge is 2.22. The average Bonchev–Trinajstić information content (AvgIpc) is 2.60. The van der Waals surface area contributed by atoms with E-state index in [1.165, 1.54) is 11.1 Å². The maximum absolute atomic E-state index is 12.7. The summed E-state index contributed by atoms with van der Waals surface area (Å²) in [7, 11) is 0. The molecule has 27 heavy (non-hydrogen) atoms. The topological polar surface area (TPSA) is 38.3 Å². The number of carbonyl (C=O) groups excluding carboxylic acids is 1. The summed E-state index contributed by atoms with van der Waals surface area (Å²) >= 11 is 0. The third-order valence-electron chi connectivity index (χ3n) is 4.90. The third-order valence-corrected chi connectivity index (χ3v) is 4.90. The van der Waals surface area contributed by atoms with Gasteiger partial charge in [0.15, 0.2) is 6.10 Å². The first-order valence-corrected chi connectivity index (χ1v) is 9.76. The van der Waals surface area contributed by atoms with E-state index in [4.69, 9.17) is 4.74 Å². The zero-order valence-corrected chi connectivity index (χ0v) is 17.7. The summed E-state index contributed by atoms with van der Waals surface area (Å²) in [6.07, 6.45) is 0.122. The number of carbonyl (C=O) groups is 1. The maximum atomic E-state index is 12.7. The predicted octanol–water partition coefficient (Wildman–Crippen LogP) is 5.64. The summed E-state index contributed by atoms with van der Waals surface area (Å²) in [5, 5.41) is 3.09. The molecule has 1 N–H and O–H groups in total. The fourth-order valence-electron chi connectivity index (χ4n) is 3.07. The first kappa shape index (κ1) is 21.0. The second kappa shape index (κ2) is 8.60. The van der Waals surface area contributed by atoms with Crippen LogP contribution in [-0.4, -0.2) is 12.0 Å². The molecule has 0 aliphatic carbocycles. The molecule has 2 aromatic rings. The van der Waals surface area contributed by atoms with Crippen LogP contribution in [0.15, 0.2) is 42.5 Å². The SMILES string of the molecule is CC[C@@H](Oc1ccc(C)cc1C)C(=O)N[C@@H](C)c1ccc(C(C)(C)C)cc1. The first-order valence-electron chi connectivity index (χ1n) is 9.76. The smallest absolute Gasteiger partial charge is 0.261 e. The molecular formula is C24H33NO2. The molecule has 0 spiro atoms. The van der Waals surface area contributed by atoms with Crippen molar-refractivity contribution in [3.63, 3.8) is 0 Å². The van der Waals surface area contributed by atoms with Crippen molar-refractivity contribution in [3.8, 4) is 5.75 Å². The fraction of sp³-hybridized carbons (Fsp3) is 0.458. The summed E-state index contributed by atoms with van der Waals surface area (Å²) in [5.74, 6) is 0.689. The van der Waals surface area contributed by atoms with Gasteiger partial charge in [0, 0.05) is 0 Å². The molecule has 0 aromatic heterocycles. The average molecular weight is 368 g/mol. The summed E-state index contributed by atoms with van der Waals surface area (Å²) in [5.41, 5.74) is 4.74. The van der Waals surface area contributed by atoms with Gasteiger partial charge in [-0.1, -0.05) is 69.7 Å². The number of amides is 1. The molecule has 146 valence electrons. The van der Waals surface area contributed by atoms with E-state index in [1.54, 1.807) is 0 Å². The molecule has 3 nitrogen and oxygen atoms in total. The maximum Gasteiger partial charge on any atom is 0.261 e. The van der Waals surface area contributed by atoms with Gasteiger partial charge in [0.2, 0.25) is 0 Å². The van der Waals surface area contributed by atoms with Crippen LogP contribution < -0.4 is 10.1 Å². The van der Waals surface area contributed by atoms with Gasteiger partial charge in [0.1, 0.15) is 5.75 Å². The minimum atomic E-state index is -0.497. The lowest BCUT2D eigenvalue weighted by Gasteiger charge is -2.23. The number of nitrogens with one attached hydrogen (secondary N) is 1. The number of hydrogen-bond donors (Lipinski definition) is 1. The summed E-state index contributed by atoms with van der Waals surface area (Å²) in [4.78, 5) is 12.7. The minimum Gasteiger partial charge on any atom is -0.480 e. The van der Waals surface area contributed by atoms with Gasteiger partial charge in [0.05, 0.1) is 6.04 Å². The van der Waals surface area contributed by atoms with Gasteiger partial charge in [-0.25, -0.2) is 0 Å². The highest BCUT2D eigenvalue weighted by molar-refractivity contribution is 5.81. The molecular weight excluding hydrogens is 334 g/mol. The van der Waals surface area contributed by atoms with Crippen molar-refractivity contribution in [1.82, 2.24) is 5.32 Å². The fourth-order valence-corrected chi connectivity index (χ4v) is 3.07. The van der Waals surface area contributed by atoms with Gasteiger partial charge >= 0.3 is 0 Å². The first-order chi connectivity index (χ1) is 12.6. The van der Waals surface area contributed by atoms with Crippen LogP contribution in [-0.2, 0) is 10.2 Å². The van der Waals surface area contributed by atoms with Crippen LogP contribution in [0.1, 0.15) is 69.3 Å². The van der Waals surface area contributed by atoms with Gasteiger partial charge in [-0.2, -0.15) is 0 Å². The second-order valence-electron chi connectivity index (χ2n) is 8.39. The summed E-state index contributed by atoms with van der Waals surface area (Å²) < 4.78 is 6.00. The number of aryl methyl sites for hydroxylation is 2. The molecule has 0 saturated heterocycles.